The Labute approximate surface area is 84.5 Å². The lowest BCUT2D eigenvalue weighted by Crippen LogP contribution is -1.91. The maximum atomic E-state index is 9.67. The van der Waals surface area contributed by atoms with Crippen LogP contribution in [0.4, 0.5) is 0 Å². The van der Waals surface area contributed by atoms with E-state index in [2.05, 4.69) is 0 Å². The summed E-state index contributed by atoms with van der Waals surface area (Å²) < 4.78 is 0. The highest BCUT2D eigenvalue weighted by atomic mass is 16.3. The van der Waals surface area contributed by atoms with Gasteiger partial charge in [-0.15, -0.1) is 0 Å². The fraction of sp³-hybridized carbons (Fsp3) is 0.333. The largest absolute Gasteiger partial charge is 0.396 e. The van der Waals surface area contributed by atoms with Crippen molar-refractivity contribution in [3.63, 3.8) is 0 Å². The molecular formula is C12H16O2. The highest BCUT2D eigenvalue weighted by Crippen LogP contribution is 2.13. The third-order valence-corrected chi connectivity index (χ3v) is 1.99. The summed E-state index contributed by atoms with van der Waals surface area (Å²) in [5, 5.41) is 18.2. The maximum absolute atomic E-state index is 9.67. The average Bonchev–Trinajstić information content (AvgIpc) is 2.25. The summed E-state index contributed by atoms with van der Waals surface area (Å²) in [5.41, 5.74) is 0.896. The molecule has 0 aliphatic heterocycles. The molecule has 0 spiro atoms. The summed E-state index contributed by atoms with van der Waals surface area (Å²) >= 11 is 0. The van der Waals surface area contributed by atoms with Crippen molar-refractivity contribution in [2.24, 2.45) is 0 Å². The minimum atomic E-state index is -0.533. The number of allylic oxidation sites excluding steroid dienone is 1. The molecule has 0 radical (unpaired) electrons. The molecule has 2 nitrogen and oxygen atoms in total. The fourth-order valence-corrected chi connectivity index (χ4v) is 1.20. The number of hydrogen-bond donors (Lipinski definition) is 2. The molecule has 0 saturated carbocycles. The van der Waals surface area contributed by atoms with Crippen LogP contribution in [0.3, 0.4) is 0 Å². The summed E-state index contributed by atoms with van der Waals surface area (Å²) in [7, 11) is 0. The minimum Gasteiger partial charge on any atom is -0.396 e. The Hall–Kier alpha value is -1.12. The van der Waals surface area contributed by atoms with Crippen LogP contribution >= 0.6 is 0 Å². The van der Waals surface area contributed by atoms with Gasteiger partial charge in [0.15, 0.2) is 0 Å². The Kier molecular flexibility index (Phi) is 4.97. The average molecular weight is 192 g/mol. The van der Waals surface area contributed by atoms with Gasteiger partial charge in [0.05, 0.1) is 6.10 Å². The first-order chi connectivity index (χ1) is 6.84. The second-order valence-electron chi connectivity index (χ2n) is 3.15. The number of benzene rings is 1. The minimum absolute atomic E-state index is 0.200. The van der Waals surface area contributed by atoms with Crippen LogP contribution in [0.2, 0.25) is 0 Å². The standard InChI is InChI=1S/C12H16O2/c13-10-6-2-5-9-12(14)11-7-3-1-4-8-11/h1,3-5,7-9,12-14H,2,6,10H2/b9-5+. The summed E-state index contributed by atoms with van der Waals surface area (Å²) in [5.74, 6) is 0. The van der Waals surface area contributed by atoms with Crippen molar-refractivity contribution in [1.29, 1.82) is 0 Å². The van der Waals surface area contributed by atoms with Crippen molar-refractivity contribution in [3.8, 4) is 0 Å². The molecule has 1 aromatic rings. The van der Waals surface area contributed by atoms with Crippen LogP contribution in [0.15, 0.2) is 42.5 Å². The van der Waals surface area contributed by atoms with Crippen LogP contribution in [-0.4, -0.2) is 16.8 Å². The van der Waals surface area contributed by atoms with Gasteiger partial charge in [-0.05, 0) is 18.4 Å². The van der Waals surface area contributed by atoms with Gasteiger partial charge in [-0.3, -0.25) is 0 Å². The highest BCUT2D eigenvalue weighted by Gasteiger charge is 1.99. The predicted octanol–water partition coefficient (Wildman–Crippen LogP) is 2.05. The second kappa shape index (κ2) is 6.35. The SMILES string of the molecule is OCCC/C=C/C(O)c1ccccc1. The number of unbranched alkanes of at least 4 members (excludes halogenated alkanes) is 1. The van der Waals surface area contributed by atoms with E-state index in [-0.39, 0.29) is 6.61 Å². The highest BCUT2D eigenvalue weighted by molar-refractivity contribution is 5.20. The molecule has 1 aromatic carbocycles. The zero-order valence-electron chi connectivity index (χ0n) is 8.13. The van der Waals surface area contributed by atoms with E-state index in [0.29, 0.717) is 0 Å². The molecule has 0 heterocycles. The van der Waals surface area contributed by atoms with E-state index in [9.17, 15) is 5.11 Å². The van der Waals surface area contributed by atoms with Crippen LogP contribution in [0.5, 0.6) is 0 Å². The summed E-state index contributed by atoms with van der Waals surface area (Å²) in [6.45, 7) is 0.200. The summed E-state index contributed by atoms with van der Waals surface area (Å²) in [4.78, 5) is 0. The van der Waals surface area contributed by atoms with Gasteiger partial charge in [-0.1, -0.05) is 42.5 Å². The zero-order valence-corrected chi connectivity index (χ0v) is 8.13. The molecule has 1 atom stereocenters. The number of aliphatic hydroxyl groups excluding tert-OH is 2. The van der Waals surface area contributed by atoms with Gasteiger partial charge in [0, 0.05) is 6.61 Å². The monoisotopic (exact) mass is 192 g/mol. The molecule has 1 unspecified atom stereocenters. The quantitative estimate of drug-likeness (QED) is 0.553. The van der Waals surface area contributed by atoms with E-state index in [1.54, 1.807) is 6.08 Å². The smallest absolute Gasteiger partial charge is 0.0971 e. The molecule has 1 rings (SSSR count). The van der Waals surface area contributed by atoms with Gasteiger partial charge in [0.25, 0.3) is 0 Å². The Bertz CT molecular complexity index is 267. The van der Waals surface area contributed by atoms with E-state index in [1.807, 2.05) is 36.4 Å². The first kappa shape index (κ1) is 11.0. The molecule has 76 valence electrons. The lowest BCUT2D eigenvalue weighted by Gasteiger charge is -2.04. The van der Waals surface area contributed by atoms with E-state index in [1.165, 1.54) is 0 Å². The molecule has 0 aliphatic carbocycles. The Morgan fingerprint density at radius 1 is 1.21 bits per heavy atom. The van der Waals surface area contributed by atoms with Crippen LogP contribution in [-0.2, 0) is 0 Å². The number of aliphatic hydroxyl groups is 2. The topological polar surface area (TPSA) is 40.5 Å². The van der Waals surface area contributed by atoms with Gasteiger partial charge < -0.3 is 10.2 Å². The molecule has 2 N–H and O–H groups in total. The Morgan fingerprint density at radius 3 is 2.57 bits per heavy atom. The first-order valence-electron chi connectivity index (χ1n) is 4.85. The van der Waals surface area contributed by atoms with E-state index >= 15 is 0 Å². The molecule has 14 heavy (non-hydrogen) atoms. The van der Waals surface area contributed by atoms with Gasteiger partial charge in [-0.2, -0.15) is 0 Å². The molecule has 0 aromatic heterocycles. The lowest BCUT2D eigenvalue weighted by molar-refractivity contribution is 0.228. The van der Waals surface area contributed by atoms with Crippen LogP contribution in [0, 0.1) is 0 Å². The van der Waals surface area contributed by atoms with E-state index < -0.39 is 6.10 Å². The van der Waals surface area contributed by atoms with Gasteiger partial charge in [0.1, 0.15) is 0 Å². The Balaban J connectivity index is 2.42. The molecule has 0 fully saturated rings. The zero-order chi connectivity index (χ0) is 10.2. The fourth-order valence-electron chi connectivity index (χ4n) is 1.20. The van der Waals surface area contributed by atoms with Crippen molar-refractivity contribution in [2.45, 2.75) is 18.9 Å². The van der Waals surface area contributed by atoms with Gasteiger partial charge in [0.2, 0.25) is 0 Å². The Morgan fingerprint density at radius 2 is 1.93 bits per heavy atom. The molecule has 2 heteroatoms. The normalized spacial score (nSPS) is 13.3. The van der Waals surface area contributed by atoms with Crippen molar-refractivity contribution in [1.82, 2.24) is 0 Å². The van der Waals surface area contributed by atoms with Crippen molar-refractivity contribution in [3.05, 3.63) is 48.0 Å². The predicted molar refractivity (Wildman–Crippen MR) is 56.9 cm³/mol. The molecule has 0 aliphatic rings. The van der Waals surface area contributed by atoms with Crippen molar-refractivity contribution >= 4 is 0 Å². The van der Waals surface area contributed by atoms with Crippen molar-refractivity contribution < 1.29 is 10.2 Å². The van der Waals surface area contributed by atoms with Crippen LogP contribution < -0.4 is 0 Å². The van der Waals surface area contributed by atoms with E-state index in [4.69, 9.17) is 5.11 Å². The summed E-state index contributed by atoms with van der Waals surface area (Å²) in [6, 6.07) is 9.51. The van der Waals surface area contributed by atoms with Gasteiger partial charge in [-0.25, -0.2) is 0 Å². The third kappa shape index (κ3) is 3.73. The van der Waals surface area contributed by atoms with Crippen LogP contribution in [0.1, 0.15) is 24.5 Å². The first-order valence-corrected chi connectivity index (χ1v) is 4.85. The second-order valence-corrected chi connectivity index (χ2v) is 3.15. The molecule has 0 saturated heterocycles. The third-order valence-electron chi connectivity index (χ3n) is 1.99. The van der Waals surface area contributed by atoms with Crippen LogP contribution in [0.25, 0.3) is 0 Å². The number of rotatable bonds is 5. The molecular weight excluding hydrogens is 176 g/mol. The molecule has 0 bridgehead atoms. The van der Waals surface area contributed by atoms with Gasteiger partial charge >= 0.3 is 0 Å². The van der Waals surface area contributed by atoms with Crippen molar-refractivity contribution in [2.75, 3.05) is 6.61 Å². The maximum Gasteiger partial charge on any atom is 0.0971 e. The van der Waals surface area contributed by atoms with E-state index in [0.717, 1.165) is 18.4 Å². The molecule has 0 amide bonds. The number of hydrogen-bond acceptors (Lipinski definition) is 2. The summed E-state index contributed by atoms with van der Waals surface area (Å²) in [6.07, 6.45) is 4.67. The lowest BCUT2D eigenvalue weighted by atomic mass is 10.1.